The van der Waals surface area contributed by atoms with Crippen LogP contribution in [0, 0.1) is 5.82 Å². The summed E-state index contributed by atoms with van der Waals surface area (Å²) < 4.78 is 15.8. The van der Waals surface area contributed by atoms with E-state index in [9.17, 15) is 4.39 Å². The van der Waals surface area contributed by atoms with E-state index in [4.69, 9.17) is 0 Å². The molecular weight excluding hydrogens is 295 g/mol. The van der Waals surface area contributed by atoms with Crippen LogP contribution >= 0.6 is 0 Å². The van der Waals surface area contributed by atoms with Crippen molar-refractivity contribution < 1.29 is 4.39 Å². The van der Waals surface area contributed by atoms with Gasteiger partial charge in [0.15, 0.2) is 0 Å². The Morgan fingerprint density at radius 2 is 2.13 bits per heavy atom. The average Bonchev–Trinajstić information content (AvgIpc) is 3.24. The number of fused-ring (bicyclic) bond motifs is 4. The number of halogens is 1. The highest BCUT2D eigenvalue weighted by molar-refractivity contribution is 6.09. The molecule has 0 aliphatic carbocycles. The van der Waals surface area contributed by atoms with Gasteiger partial charge in [0, 0.05) is 5.39 Å². The van der Waals surface area contributed by atoms with Crippen molar-refractivity contribution in [2.45, 2.75) is 6.92 Å². The molecule has 2 aromatic heterocycles. The number of benzene rings is 1. The van der Waals surface area contributed by atoms with Crippen LogP contribution in [0.3, 0.4) is 0 Å². The average molecular weight is 308 g/mol. The van der Waals surface area contributed by atoms with Crippen LogP contribution in [0.1, 0.15) is 6.92 Å². The largest absolute Gasteiger partial charge is 0.304 e. The van der Waals surface area contributed by atoms with Crippen molar-refractivity contribution in [1.29, 1.82) is 0 Å². The van der Waals surface area contributed by atoms with Gasteiger partial charge in [0.05, 0.1) is 34.1 Å². The van der Waals surface area contributed by atoms with Crippen molar-refractivity contribution in [3.63, 3.8) is 0 Å². The van der Waals surface area contributed by atoms with Crippen molar-refractivity contribution >= 4 is 33.5 Å². The van der Waals surface area contributed by atoms with Crippen molar-refractivity contribution in [1.82, 2.24) is 25.2 Å². The molecule has 6 nitrogen and oxygen atoms in total. The molecule has 1 aromatic carbocycles. The summed E-state index contributed by atoms with van der Waals surface area (Å²) in [7, 11) is 0. The molecule has 0 unspecified atom stereocenters. The first-order valence-corrected chi connectivity index (χ1v) is 7.34. The molecular formula is C16H13FN6. The summed E-state index contributed by atoms with van der Waals surface area (Å²) in [6.45, 7) is 2.61. The molecule has 2 aliphatic heterocycles. The molecule has 0 atom stereocenters. The van der Waals surface area contributed by atoms with Crippen LogP contribution in [0.15, 0.2) is 47.2 Å². The second-order valence-corrected chi connectivity index (χ2v) is 5.60. The highest BCUT2D eigenvalue weighted by Gasteiger charge is 2.25. The zero-order valence-electron chi connectivity index (χ0n) is 12.3. The molecule has 0 amide bonds. The van der Waals surface area contributed by atoms with Crippen molar-refractivity contribution in [3.05, 3.63) is 48.1 Å². The topological polar surface area (TPSA) is 61.2 Å². The summed E-state index contributed by atoms with van der Waals surface area (Å²) in [6.07, 6.45) is 5.78. The summed E-state index contributed by atoms with van der Waals surface area (Å²) in [5, 5.41) is 9.88. The Labute approximate surface area is 130 Å². The second kappa shape index (κ2) is 4.30. The zero-order valence-corrected chi connectivity index (χ0v) is 12.3. The molecule has 0 radical (unpaired) electrons. The summed E-state index contributed by atoms with van der Waals surface area (Å²) >= 11 is 0. The van der Waals surface area contributed by atoms with Gasteiger partial charge in [-0.3, -0.25) is 10.1 Å². The predicted molar refractivity (Wildman–Crippen MR) is 86.9 cm³/mol. The fourth-order valence-corrected chi connectivity index (χ4v) is 3.32. The fourth-order valence-electron chi connectivity index (χ4n) is 3.32. The minimum atomic E-state index is -0.258. The van der Waals surface area contributed by atoms with E-state index in [1.165, 1.54) is 12.1 Å². The van der Waals surface area contributed by atoms with E-state index < -0.39 is 0 Å². The van der Waals surface area contributed by atoms with Gasteiger partial charge in [-0.15, -0.1) is 0 Å². The van der Waals surface area contributed by atoms with E-state index in [2.05, 4.69) is 25.2 Å². The molecule has 114 valence electrons. The van der Waals surface area contributed by atoms with Gasteiger partial charge in [0.2, 0.25) is 0 Å². The van der Waals surface area contributed by atoms with Crippen molar-refractivity contribution in [2.24, 2.45) is 4.99 Å². The summed E-state index contributed by atoms with van der Waals surface area (Å²) in [5.74, 6) is 0.642. The number of hydrogen-bond acceptors (Lipinski definition) is 4. The lowest BCUT2D eigenvalue weighted by Crippen LogP contribution is -2.36. The summed E-state index contributed by atoms with van der Waals surface area (Å²) in [5.41, 5.74) is 7.96. The number of nitrogens with one attached hydrogen (secondary N) is 2. The van der Waals surface area contributed by atoms with E-state index in [0.717, 1.165) is 39.2 Å². The Balaban J connectivity index is 1.86. The molecule has 0 spiro atoms. The highest BCUT2D eigenvalue weighted by atomic mass is 19.1. The number of aliphatic imine (C=N–C) groups is 1. The van der Waals surface area contributed by atoms with Gasteiger partial charge in [0.1, 0.15) is 18.3 Å². The number of aromatic amines is 1. The lowest BCUT2D eigenvalue weighted by molar-refractivity contribution is 0.419. The normalized spacial score (nSPS) is 17.5. The predicted octanol–water partition coefficient (Wildman–Crippen LogP) is 2.59. The van der Waals surface area contributed by atoms with Crippen molar-refractivity contribution in [3.8, 4) is 0 Å². The van der Waals surface area contributed by atoms with E-state index in [-0.39, 0.29) is 5.82 Å². The molecule has 3 aromatic rings. The number of nitrogens with zero attached hydrogens (tertiary/aromatic N) is 4. The smallest absolute Gasteiger partial charge is 0.143 e. The van der Waals surface area contributed by atoms with Crippen LogP contribution < -0.4 is 5.43 Å². The first kappa shape index (κ1) is 12.6. The third-order valence-corrected chi connectivity index (χ3v) is 4.37. The third kappa shape index (κ3) is 1.59. The van der Waals surface area contributed by atoms with E-state index in [1.54, 1.807) is 12.3 Å². The number of aromatic nitrogens is 3. The Bertz CT molecular complexity index is 1050. The van der Waals surface area contributed by atoms with Crippen LogP contribution in [-0.2, 0) is 0 Å². The van der Waals surface area contributed by atoms with Gasteiger partial charge in [0.25, 0.3) is 0 Å². The molecule has 0 saturated carbocycles. The number of allylic oxidation sites excluding steroid dienone is 3. The van der Waals surface area contributed by atoms with E-state index >= 15 is 0 Å². The number of hydrazine groups is 1. The van der Waals surface area contributed by atoms with E-state index in [0.29, 0.717) is 6.67 Å². The van der Waals surface area contributed by atoms with Gasteiger partial charge >= 0.3 is 0 Å². The Morgan fingerprint density at radius 3 is 3.04 bits per heavy atom. The maximum atomic E-state index is 13.7. The molecule has 4 heterocycles. The Hall–Kier alpha value is -2.93. The van der Waals surface area contributed by atoms with Crippen LogP contribution in [0.5, 0.6) is 0 Å². The van der Waals surface area contributed by atoms with Crippen LogP contribution in [0.25, 0.3) is 27.6 Å². The molecule has 0 fully saturated rings. The standard InChI is InChI=1S/C16H13FN6/c1-9-12(4-5-15-18-8-20-23(9)15)22-13-3-2-10(17)6-11(13)16-14(22)7-19-21-16/h2-7,20H,8H2,1H3,(H,19,21). The SMILES string of the molecule is CC1=C(n2c3ccc(F)cc3c3[nH]ncc32)C=CC2=NCNN21. The molecule has 0 bridgehead atoms. The van der Waals surface area contributed by atoms with Gasteiger partial charge in [-0.25, -0.2) is 14.8 Å². The van der Waals surface area contributed by atoms with Crippen LogP contribution in [0.4, 0.5) is 4.39 Å². The van der Waals surface area contributed by atoms with Crippen LogP contribution in [-0.4, -0.2) is 32.3 Å². The fraction of sp³-hybridized carbons (Fsp3) is 0.125. The highest BCUT2D eigenvalue weighted by Crippen LogP contribution is 2.34. The third-order valence-electron chi connectivity index (χ3n) is 4.37. The van der Waals surface area contributed by atoms with Gasteiger partial charge in [-0.2, -0.15) is 5.10 Å². The summed E-state index contributed by atoms with van der Waals surface area (Å²) in [4.78, 5) is 4.38. The van der Waals surface area contributed by atoms with Gasteiger partial charge in [-0.05, 0) is 37.3 Å². The number of amidine groups is 1. The lowest BCUT2D eigenvalue weighted by Gasteiger charge is -2.26. The van der Waals surface area contributed by atoms with Crippen LogP contribution in [0.2, 0.25) is 0 Å². The minimum absolute atomic E-state index is 0.258. The van der Waals surface area contributed by atoms with Crippen molar-refractivity contribution in [2.75, 3.05) is 6.67 Å². The Kier molecular flexibility index (Phi) is 2.35. The monoisotopic (exact) mass is 308 g/mol. The molecule has 5 rings (SSSR count). The summed E-state index contributed by atoms with van der Waals surface area (Å²) in [6, 6.07) is 4.82. The number of H-pyrrole nitrogens is 1. The first-order valence-electron chi connectivity index (χ1n) is 7.34. The number of hydrogen-bond donors (Lipinski definition) is 2. The second-order valence-electron chi connectivity index (χ2n) is 5.60. The molecule has 23 heavy (non-hydrogen) atoms. The lowest BCUT2D eigenvalue weighted by atomic mass is 10.2. The molecule has 2 N–H and O–H groups in total. The maximum absolute atomic E-state index is 13.7. The first-order chi connectivity index (χ1) is 11.2. The quantitative estimate of drug-likeness (QED) is 0.726. The molecule has 0 saturated heterocycles. The van der Waals surface area contributed by atoms with E-state index in [1.807, 2.05) is 24.1 Å². The zero-order chi connectivity index (χ0) is 15.6. The number of rotatable bonds is 1. The molecule has 7 heteroatoms. The molecule has 2 aliphatic rings. The van der Waals surface area contributed by atoms with Gasteiger partial charge in [-0.1, -0.05) is 0 Å². The Morgan fingerprint density at radius 1 is 1.22 bits per heavy atom. The van der Waals surface area contributed by atoms with Gasteiger partial charge < -0.3 is 4.57 Å². The maximum Gasteiger partial charge on any atom is 0.143 e. The minimum Gasteiger partial charge on any atom is -0.304 e.